The van der Waals surface area contributed by atoms with Crippen LogP contribution in [0.3, 0.4) is 0 Å². The fourth-order valence-electron chi connectivity index (χ4n) is 4.86. The Balaban J connectivity index is 1.72. The highest BCUT2D eigenvalue weighted by Crippen LogP contribution is 2.31. The summed E-state index contributed by atoms with van der Waals surface area (Å²) in [5, 5.41) is 0. The largest absolute Gasteiger partial charge is 0.341 e. The first-order valence-electron chi connectivity index (χ1n) is 10.7. The minimum absolute atomic E-state index is 0.0708. The summed E-state index contributed by atoms with van der Waals surface area (Å²) < 4.78 is 28.6. The number of aryl methyl sites for hydroxylation is 1. The van der Waals surface area contributed by atoms with Gasteiger partial charge in [0, 0.05) is 19.6 Å². The van der Waals surface area contributed by atoms with E-state index in [0.29, 0.717) is 31.3 Å². The molecule has 0 N–H and O–H groups in total. The third-order valence-corrected chi connectivity index (χ3v) is 8.17. The summed E-state index contributed by atoms with van der Waals surface area (Å²) in [6.45, 7) is 7.86. The molecular weight excluding hydrogens is 396 g/mol. The van der Waals surface area contributed by atoms with Crippen molar-refractivity contribution in [2.24, 2.45) is 11.8 Å². The topological polar surface area (TPSA) is 57.7 Å². The molecule has 30 heavy (non-hydrogen) atoms. The van der Waals surface area contributed by atoms with Crippen LogP contribution in [0.25, 0.3) is 0 Å². The van der Waals surface area contributed by atoms with Crippen molar-refractivity contribution >= 4 is 15.9 Å². The van der Waals surface area contributed by atoms with E-state index in [4.69, 9.17) is 0 Å². The van der Waals surface area contributed by atoms with Crippen LogP contribution >= 0.6 is 0 Å². The molecule has 1 saturated heterocycles. The van der Waals surface area contributed by atoms with E-state index in [0.717, 1.165) is 23.1 Å². The van der Waals surface area contributed by atoms with Crippen molar-refractivity contribution in [3.8, 4) is 0 Å². The van der Waals surface area contributed by atoms with Crippen molar-refractivity contribution < 1.29 is 13.2 Å². The molecule has 5 nitrogen and oxygen atoms in total. The number of hydrogen-bond acceptors (Lipinski definition) is 3. The van der Waals surface area contributed by atoms with Crippen LogP contribution in [0.15, 0.2) is 53.4 Å². The zero-order valence-electron chi connectivity index (χ0n) is 17.9. The number of nitrogens with zero attached hydrogens (tertiary/aromatic N) is 2. The molecule has 2 aliphatic heterocycles. The standard InChI is InChI=1S/C24H30N2O3S/c1-17-8-10-22(11-9-17)30(28,29)26-16-21-7-5-4-6-20(21)13-23(26)24(27)25-14-18(2)12-19(3)15-25/h4-11,18-19,23H,12-16H2,1-3H3/t18-,19+,23-/m1/s1. The Bertz CT molecular complexity index is 1020. The van der Waals surface area contributed by atoms with Gasteiger partial charge in [-0.05, 0) is 54.9 Å². The summed E-state index contributed by atoms with van der Waals surface area (Å²) >= 11 is 0. The molecule has 0 bridgehead atoms. The molecule has 2 aromatic carbocycles. The number of sulfonamides is 1. The van der Waals surface area contributed by atoms with Gasteiger partial charge in [0.05, 0.1) is 4.90 Å². The molecule has 0 unspecified atom stereocenters. The van der Waals surface area contributed by atoms with Gasteiger partial charge in [-0.1, -0.05) is 55.8 Å². The van der Waals surface area contributed by atoms with Crippen molar-refractivity contribution in [3.05, 3.63) is 65.2 Å². The van der Waals surface area contributed by atoms with Gasteiger partial charge in [-0.3, -0.25) is 4.79 Å². The van der Waals surface area contributed by atoms with E-state index in [9.17, 15) is 13.2 Å². The Morgan fingerprint density at radius 3 is 2.17 bits per heavy atom. The van der Waals surface area contributed by atoms with Crippen LogP contribution in [0.5, 0.6) is 0 Å². The van der Waals surface area contributed by atoms with Gasteiger partial charge in [0.2, 0.25) is 15.9 Å². The molecule has 0 aliphatic carbocycles. The number of likely N-dealkylation sites (tertiary alicyclic amines) is 1. The third-order valence-electron chi connectivity index (χ3n) is 6.30. The molecule has 3 atom stereocenters. The van der Waals surface area contributed by atoms with Crippen molar-refractivity contribution in [2.45, 2.75) is 51.1 Å². The maximum Gasteiger partial charge on any atom is 0.244 e. The molecule has 0 radical (unpaired) electrons. The summed E-state index contributed by atoms with van der Waals surface area (Å²) in [6, 6.07) is 14.0. The van der Waals surface area contributed by atoms with Gasteiger partial charge in [0.1, 0.15) is 6.04 Å². The monoisotopic (exact) mass is 426 g/mol. The van der Waals surface area contributed by atoms with Crippen LogP contribution in [0.1, 0.15) is 37.0 Å². The molecular formula is C24H30N2O3S. The predicted octanol–water partition coefficient (Wildman–Crippen LogP) is 3.62. The molecule has 160 valence electrons. The number of amides is 1. The van der Waals surface area contributed by atoms with Crippen LogP contribution in [0.4, 0.5) is 0 Å². The summed E-state index contributed by atoms with van der Waals surface area (Å²) in [5.41, 5.74) is 3.03. The van der Waals surface area contributed by atoms with Crippen molar-refractivity contribution in [2.75, 3.05) is 13.1 Å². The lowest BCUT2D eigenvalue weighted by atomic mass is 9.90. The number of rotatable bonds is 3. The van der Waals surface area contributed by atoms with Gasteiger partial charge in [-0.15, -0.1) is 0 Å². The van der Waals surface area contributed by atoms with Gasteiger partial charge in [-0.2, -0.15) is 4.31 Å². The Morgan fingerprint density at radius 2 is 1.53 bits per heavy atom. The number of carbonyl (C=O) groups excluding carboxylic acids is 1. The lowest BCUT2D eigenvalue weighted by Crippen LogP contribution is -2.55. The van der Waals surface area contributed by atoms with Crippen LogP contribution in [-0.4, -0.2) is 42.7 Å². The van der Waals surface area contributed by atoms with Gasteiger partial charge in [-0.25, -0.2) is 8.42 Å². The lowest BCUT2D eigenvalue weighted by Gasteiger charge is -2.41. The maximum absolute atomic E-state index is 13.6. The van der Waals surface area contributed by atoms with Gasteiger partial charge in [0.15, 0.2) is 0 Å². The third kappa shape index (κ3) is 4.03. The lowest BCUT2D eigenvalue weighted by molar-refractivity contribution is -0.138. The van der Waals surface area contributed by atoms with Crippen LogP contribution < -0.4 is 0 Å². The molecule has 2 heterocycles. The van der Waals surface area contributed by atoms with Crippen molar-refractivity contribution in [3.63, 3.8) is 0 Å². The Hall–Kier alpha value is -2.18. The second kappa shape index (κ2) is 8.16. The van der Waals surface area contributed by atoms with Gasteiger partial charge >= 0.3 is 0 Å². The fourth-order valence-corrected chi connectivity index (χ4v) is 6.42. The first-order chi connectivity index (χ1) is 14.3. The molecule has 2 aliphatic rings. The highest BCUT2D eigenvalue weighted by atomic mass is 32.2. The summed E-state index contributed by atoms with van der Waals surface area (Å²) in [7, 11) is -3.80. The normalized spacial score (nSPS) is 25.0. The quantitative estimate of drug-likeness (QED) is 0.753. The number of carbonyl (C=O) groups is 1. The van der Waals surface area contributed by atoms with Crippen LogP contribution in [0, 0.1) is 18.8 Å². The summed E-state index contributed by atoms with van der Waals surface area (Å²) in [5.74, 6) is 0.782. The second-order valence-corrected chi connectivity index (χ2v) is 10.9. The summed E-state index contributed by atoms with van der Waals surface area (Å²) in [4.78, 5) is 15.7. The van der Waals surface area contributed by atoms with Crippen molar-refractivity contribution in [1.82, 2.24) is 9.21 Å². The average Bonchev–Trinajstić information content (AvgIpc) is 2.72. The second-order valence-electron chi connectivity index (χ2n) is 9.04. The molecule has 0 saturated carbocycles. The van der Waals surface area contributed by atoms with Gasteiger partial charge < -0.3 is 4.90 Å². The fraction of sp³-hybridized carbons (Fsp3) is 0.458. The SMILES string of the molecule is Cc1ccc(S(=O)(=O)N2Cc3ccccc3C[C@@H]2C(=O)N2C[C@H](C)C[C@H](C)C2)cc1. The van der Waals surface area contributed by atoms with E-state index in [1.54, 1.807) is 24.3 Å². The Morgan fingerprint density at radius 1 is 0.933 bits per heavy atom. The minimum Gasteiger partial charge on any atom is -0.341 e. The Kier molecular flexibility index (Phi) is 5.73. The first kappa shape index (κ1) is 21.1. The zero-order chi connectivity index (χ0) is 21.5. The van der Waals surface area contributed by atoms with E-state index >= 15 is 0 Å². The molecule has 0 spiro atoms. The number of hydrogen-bond donors (Lipinski definition) is 0. The minimum atomic E-state index is -3.80. The maximum atomic E-state index is 13.6. The van der Waals surface area contributed by atoms with Crippen LogP contribution in [-0.2, 0) is 27.8 Å². The first-order valence-corrected chi connectivity index (χ1v) is 12.1. The van der Waals surface area contributed by atoms with Gasteiger partial charge in [0.25, 0.3) is 0 Å². The number of benzene rings is 2. The van der Waals surface area contributed by atoms with Crippen molar-refractivity contribution in [1.29, 1.82) is 0 Å². The Labute approximate surface area is 179 Å². The average molecular weight is 427 g/mol. The zero-order valence-corrected chi connectivity index (χ0v) is 18.7. The molecule has 2 aromatic rings. The van der Waals surface area contributed by atoms with E-state index in [-0.39, 0.29) is 17.3 Å². The summed E-state index contributed by atoms with van der Waals surface area (Å²) in [6.07, 6.45) is 1.52. The molecule has 0 aromatic heterocycles. The highest BCUT2D eigenvalue weighted by molar-refractivity contribution is 7.89. The highest BCUT2D eigenvalue weighted by Gasteiger charge is 2.42. The number of piperidine rings is 1. The van der Waals surface area contributed by atoms with E-state index in [2.05, 4.69) is 13.8 Å². The molecule has 6 heteroatoms. The molecule has 1 fully saturated rings. The predicted molar refractivity (Wildman–Crippen MR) is 117 cm³/mol. The van der Waals surface area contributed by atoms with Crippen LogP contribution in [0.2, 0.25) is 0 Å². The van der Waals surface area contributed by atoms with E-state index < -0.39 is 16.1 Å². The van der Waals surface area contributed by atoms with E-state index in [1.807, 2.05) is 36.1 Å². The number of fused-ring (bicyclic) bond motifs is 1. The molecule has 4 rings (SSSR count). The molecule has 1 amide bonds. The smallest absolute Gasteiger partial charge is 0.244 e. The van der Waals surface area contributed by atoms with E-state index in [1.165, 1.54) is 4.31 Å².